The quantitative estimate of drug-likeness (QED) is 0.322. The minimum Gasteiger partial charge on any atom is -0.371 e. The van der Waals surface area contributed by atoms with Crippen LogP contribution in [0.4, 0.5) is 28.8 Å². The van der Waals surface area contributed by atoms with Crippen LogP contribution in [0.5, 0.6) is 0 Å². The molecular formula is C26H34BrN7OS. The molecule has 2 N–H and O–H groups in total. The number of aryl methyl sites for hydroxylation is 1. The fourth-order valence-electron chi connectivity index (χ4n) is 4.36. The first-order chi connectivity index (χ1) is 17.4. The Balaban J connectivity index is 1.42. The molecule has 1 saturated heterocycles. The van der Waals surface area contributed by atoms with Gasteiger partial charge < -0.3 is 25.0 Å². The van der Waals surface area contributed by atoms with Gasteiger partial charge in [0.25, 0.3) is 5.56 Å². The van der Waals surface area contributed by atoms with Gasteiger partial charge in [-0.1, -0.05) is 0 Å². The van der Waals surface area contributed by atoms with Gasteiger partial charge in [0.05, 0.1) is 4.47 Å². The molecule has 0 atom stereocenters. The highest BCUT2D eigenvalue weighted by atomic mass is 79.9. The average Bonchev–Trinajstić information content (AvgIpc) is 2.89. The van der Waals surface area contributed by atoms with E-state index in [1.807, 2.05) is 12.3 Å². The molecule has 0 saturated carbocycles. The number of benzene rings is 1. The van der Waals surface area contributed by atoms with Crippen molar-refractivity contribution in [2.75, 3.05) is 54.7 Å². The maximum atomic E-state index is 12.9. The smallest absolute Gasteiger partial charge is 0.274 e. The van der Waals surface area contributed by atoms with Gasteiger partial charge in [0.1, 0.15) is 5.69 Å². The second kappa shape index (κ2) is 12.6. The number of piperidine rings is 1. The van der Waals surface area contributed by atoms with E-state index in [4.69, 9.17) is 0 Å². The van der Waals surface area contributed by atoms with E-state index in [0.29, 0.717) is 34.5 Å². The molecule has 0 bridgehead atoms. The van der Waals surface area contributed by atoms with Crippen LogP contribution in [0.1, 0.15) is 19.3 Å². The topological polar surface area (TPSA) is 78.3 Å². The molecular weight excluding hydrogens is 538 g/mol. The lowest BCUT2D eigenvalue weighted by Crippen LogP contribution is -2.41. The highest BCUT2D eigenvalue weighted by Crippen LogP contribution is 2.26. The summed E-state index contributed by atoms with van der Waals surface area (Å²) in [7, 11) is 4.32. The molecule has 4 rings (SSSR count). The first kappa shape index (κ1) is 26.5. The molecule has 192 valence electrons. The van der Waals surface area contributed by atoms with Crippen LogP contribution in [0.25, 0.3) is 0 Å². The van der Waals surface area contributed by atoms with Crippen molar-refractivity contribution in [1.82, 2.24) is 19.4 Å². The summed E-state index contributed by atoms with van der Waals surface area (Å²) in [6, 6.07) is 12.7. The Morgan fingerprint density at radius 2 is 1.89 bits per heavy atom. The largest absolute Gasteiger partial charge is 0.371 e. The third-order valence-corrected chi connectivity index (χ3v) is 7.73. The Morgan fingerprint density at radius 1 is 1.14 bits per heavy atom. The third kappa shape index (κ3) is 6.80. The SMILES string of the molecule is CSCCCn1cccc(Nc2nc(Nc3ccc(N4CCC(N(C)C)CC4)cc3)ncc2Br)c1=O. The number of nitrogens with one attached hydrogen (secondary N) is 2. The number of aromatic nitrogens is 3. The van der Waals surface area contributed by atoms with Gasteiger partial charge in [0, 0.05) is 49.4 Å². The predicted molar refractivity (Wildman–Crippen MR) is 155 cm³/mol. The monoisotopic (exact) mass is 571 g/mol. The summed E-state index contributed by atoms with van der Waals surface area (Å²) in [5.74, 6) is 2.01. The van der Waals surface area contributed by atoms with Crippen LogP contribution in [0.3, 0.4) is 0 Å². The molecule has 1 fully saturated rings. The number of anilines is 5. The summed E-state index contributed by atoms with van der Waals surface area (Å²) < 4.78 is 2.42. The minimum atomic E-state index is -0.0659. The number of pyridine rings is 1. The fourth-order valence-corrected chi connectivity index (χ4v) is 5.06. The van der Waals surface area contributed by atoms with Gasteiger partial charge in [-0.15, -0.1) is 0 Å². The van der Waals surface area contributed by atoms with E-state index in [0.717, 1.165) is 31.0 Å². The molecule has 0 aliphatic carbocycles. The Bertz CT molecular complexity index is 1190. The van der Waals surface area contributed by atoms with Crippen molar-refractivity contribution in [3.05, 3.63) is 63.6 Å². The fraction of sp³-hybridized carbons (Fsp3) is 0.423. The summed E-state index contributed by atoms with van der Waals surface area (Å²) in [6.45, 7) is 2.83. The lowest BCUT2D eigenvalue weighted by molar-refractivity contribution is 0.249. The lowest BCUT2D eigenvalue weighted by atomic mass is 10.0. The van der Waals surface area contributed by atoms with Gasteiger partial charge in [-0.2, -0.15) is 16.7 Å². The molecule has 3 heterocycles. The molecule has 0 unspecified atom stereocenters. The van der Waals surface area contributed by atoms with E-state index in [9.17, 15) is 4.79 Å². The van der Waals surface area contributed by atoms with E-state index in [-0.39, 0.29) is 5.56 Å². The average molecular weight is 573 g/mol. The van der Waals surface area contributed by atoms with Gasteiger partial charge in [-0.05, 0) is 97.7 Å². The van der Waals surface area contributed by atoms with Crippen LogP contribution < -0.4 is 21.1 Å². The van der Waals surface area contributed by atoms with E-state index < -0.39 is 0 Å². The molecule has 0 spiro atoms. The highest BCUT2D eigenvalue weighted by Gasteiger charge is 2.20. The second-order valence-electron chi connectivity index (χ2n) is 9.14. The molecule has 10 heteroatoms. The van der Waals surface area contributed by atoms with Crippen LogP contribution in [0.15, 0.2) is 58.1 Å². The summed E-state index contributed by atoms with van der Waals surface area (Å²) >= 11 is 5.28. The predicted octanol–water partition coefficient (Wildman–Crippen LogP) is 5.17. The van der Waals surface area contributed by atoms with Crippen molar-refractivity contribution in [2.45, 2.75) is 31.8 Å². The van der Waals surface area contributed by atoms with E-state index >= 15 is 0 Å². The lowest BCUT2D eigenvalue weighted by Gasteiger charge is -2.36. The van der Waals surface area contributed by atoms with Crippen LogP contribution >= 0.6 is 27.7 Å². The summed E-state index contributed by atoms with van der Waals surface area (Å²) in [4.78, 5) is 26.6. The number of halogens is 1. The number of hydrogen-bond acceptors (Lipinski definition) is 8. The number of nitrogens with zero attached hydrogens (tertiary/aromatic N) is 5. The van der Waals surface area contributed by atoms with Gasteiger partial charge in [0.2, 0.25) is 5.95 Å². The first-order valence-electron chi connectivity index (χ1n) is 12.2. The Morgan fingerprint density at radius 3 is 2.58 bits per heavy atom. The van der Waals surface area contributed by atoms with Crippen molar-refractivity contribution in [2.24, 2.45) is 0 Å². The van der Waals surface area contributed by atoms with Crippen LogP contribution in [0, 0.1) is 0 Å². The number of thioether (sulfide) groups is 1. The van der Waals surface area contributed by atoms with E-state index in [2.05, 4.69) is 90.9 Å². The Labute approximate surface area is 225 Å². The van der Waals surface area contributed by atoms with Crippen molar-refractivity contribution in [3.8, 4) is 0 Å². The van der Waals surface area contributed by atoms with E-state index in [1.165, 1.54) is 18.5 Å². The molecule has 3 aromatic rings. The zero-order valence-electron chi connectivity index (χ0n) is 21.1. The second-order valence-corrected chi connectivity index (χ2v) is 11.0. The Kier molecular flexibility index (Phi) is 9.28. The molecule has 8 nitrogen and oxygen atoms in total. The summed E-state index contributed by atoms with van der Waals surface area (Å²) in [5, 5.41) is 6.45. The third-order valence-electron chi connectivity index (χ3n) is 6.45. The number of hydrogen-bond donors (Lipinski definition) is 2. The van der Waals surface area contributed by atoms with Crippen molar-refractivity contribution in [1.29, 1.82) is 0 Å². The van der Waals surface area contributed by atoms with Gasteiger partial charge in [0.15, 0.2) is 5.82 Å². The molecule has 0 radical (unpaired) electrons. The zero-order chi connectivity index (χ0) is 25.5. The Hall–Kier alpha value is -2.56. The van der Waals surface area contributed by atoms with Crippen LogP contribution in [-0.4, -0.2) is 64.7 Å². The van der Waals surface area contributed by atoms with Gasteiger partial charge in [-0.25, -0.2) is 4.98 Å². The highest BCUT2D eigenvalue weighted by molar-refractivity contribution is 9.10. The standard InChI is InChI=1S/C26H34BrN7OS/c1-32(2)20-11-15-33(16-12-20)21-9-7-19(8-10-21)29-26-28-18-22(27)24(31-26)30-23-6-4-13-34(25(23)35)14-5-17-36-3/h4,6-10,13,18,20H,5,11-12,14-17H2,1-3H3,(H2,28,29,30,31). The maximum Gasteiger partial charge on any atom is 0.274 e. The van der Waals surface area contributed by atoms with Crippen LogP contribution in [-0.2, 0) is 6.54 Å². The van der Waals surface area contributed by atoms with Crippen molar-refractivity contribution >= 4 is 56.5 Å². The number of rotatable bonds is 10. The molecule has 36 heavy (non-hydrogen) atoms. The van der Waals surface area contributed by atoms with Crippen molar-refractivity contribution in [3.63, 3.8) is 0 Å². The maximum absolute atomic E-state index is 12.9. The van der Waals surface area contributed by atoms with Gasteiger partial charge in [-0.3, -0.25) is 4.79 Å². The normalized spacial score (nSPS) is 14.3. The minimum absolute atomic E-state index is 0.0659. The molecule has 1 aromatic carbocycles. The zero-order valence-corrected chi connectivity index (χ0v) is 23.5. The summed E-state index contributed by atoms with van der Waals surface area (Å²) in [5.41, 5.74) is 2.55. The summed E-state index contributed by atoms with van der Waals surface area (Å²) in [6.07, 6.45) is 8.88. The molecule has 2 aromatic heterocycles. The van der Waals surface area contributed by atoms with Gasteiger partial charge >= 0.3 is 0 Å². The molecule has 1 aliphatic rings. The first-order valence-corrected chi connectivity index (χ1v) is 14.4. The van der Waals surface area contributed by atoms with Crippen LogP contribution in [0.2, 0.25) is 0 Å². The van der Waals surface area contributed by atoms with E-state index in [1.54, 1.807) is 28.6 Å². The molecule has 1 aliphatic heterocycles. The van der Waals surface area contributed by atoms with Crippen molar-refractivity contribution < 1.29 is 0 Å². The molecule has 0 amide bonds.